The molecular formula is C24H28N6O2. The van der Waals surface area contributed by atoms with Gasteiger partial charge >= 0.3 is 0 Å². The minimum absolute atomic E-state index is 0.0434. The van der Waals surface area contributed by atoms with Crippen molar-refractivity contribution < 1.29 is 9.59 Å². The summed E-state index contributed by atoms with van der Waals surface area (Å²) in [5, 5.41) is 15.5. The molecule has 0 spiro atoms. The van der Waals surface area contributed by atoms with Crippen molar-refractivity contribution in [1.29, 1.82) is 0 Å². The Balaban J connectivity index is 1.49. The fraction of sp³-hybridized carbons (Fsp3) is 0.375. The molecule has 1 N–H and O–H groups in total. The van der Waals surface area contributed by atoms with E-state index in [4.69, 9.17) is 0 Å². The zero-order valence-electron chi connectivity index (χ0n) is 18.5. The third-order valence-electron chi connectivity index (χ3n) is 5.68. The van der Waals surface area contributed by atoms with Gasteiger partial charge in [0, 0.05) is 17.3 Å². The highest BCUT2D eigenvalue weighted by molar-refractivity contribution is 5.98. The Bertz CT molecular complexity index is 1090. The van der Waals surface area contributed by atoms with E-state index in [-0.39, 0.29) is 30.9 Å². The molecule has 2 aromatic carbocycles. The highest BCUT2D eigenvalue weighted by Gasteiger charge is 2.23. The van der Waals surface area contributed by atoms with Gasteiger partial charge in [0.2, 0.25) is 11.7 Å². The number of aryl methyl sites for hydroxylation is 2. The maximum absolute atomic E-state index is 13.2. The molecule has 32 heavy (non-hydrogen) atoms. The van der Waals surface area contributed by atoms with E-state index >= 15 is 0 Å². The van der Waals surface area contributed by atoms with Gasteiger partial charge in [0.25, 0.3) is 5.91 Å². The van der Waals surface area contributed by atoms with Crippen LogP contribution in [0.15, 0.2) is 48.5 Å². The van der Waals surface area contributed by atoms with Crippen LogP contribution >= 0.6 is 0 Å². The summed E-state index contributed by atoms with van der Waals surface area (Å²) in [6.45, 7) is 3.81. The first-order valence-corrected chi connectivity index (χ1v) is 11.0. The lowest BCUT2D eigenvalue weighted by Gasteiger charge is -2.23. The van der Waals surface area contributed by atoms with Crippen LogP contribution in [0.3, 0.4) is 0 Å². The van der Waals surface area contributed by atoms with Crippen LogP contribution in [-0.2, 0) is 16.1 Å². The van der Waals surface area contributed by atoms with Gasteiger partial charge in [0.1, 0.15) is 13.1 Å². The van der Waals surface area contributed by atoms with E-state index in [0.717, 1.165) is 42.4 Å². The molecule has 1 aromatic heterocycles. The monoisotopic (exact) mass is 432 g/mol. The van der Waals surface area contributed by atoms with E-state index in [1.54, 1.807) is 0 Å². The highest BCUT2D eigenvalue weighted by Crippen LogP contribution is 2.19. The van der Waals surface area contributed by atoms with Gasteiger partial charge in [0.05, 0.1) is 0 Å². The molecule has 1 heterocycles. The van der Waals surface area contributed by atoms with Crippen LogP contribution < -0.4 is 10.2 Å². The zero-order chi connectivity index (χ0) is 22.5. The van der Waals surface area contributed by atoms with Gasteiger partial charge in [-0.2, -0.15) is 4.80 Å². The van der Waals surface area contributed by atoms with Crippen LogP contribution in [0.2, 0.25) is 0 Å². The quantitative estimate of drug-likeness (QED) is 0.619. The Morgan fingerprint density at radius 2 is 1.81 bits per heavy atom. The summed E-state index contributed by atoms with van der Waals surface area (Å²) < 4.78 is 0. The molecule has 166 valence electrons. The summed E-state index contributed by atoms with van der Waals surface area (Å²) in [5.41, 5.74) is 3.66. The van der Waals surface area contributed by atoms with Gasteiger partial charge in [-0.1, -0.05) is 54.8 Å². The molecule has 1 aliphatic rings. The van der Waals surface area contributed by atoms with Crippen molar-refractivity contribution in [2.75, 3.05) is 11.4 Å². The summed E-state index contributed by atoms with van der Waals surface area (Å²) in [6, 6.07) is 15.6. The molecule has 0 saturated heterocycles. The largest absolute Gasteiger partial charge is 0.352 e. The number of carbonyl (C=O) groups is 2. The first-order chi connectivity index (χ1) is 15.5. The van der Waals surface area contributed by atoms with Crippen LogP contribution in [-0.4, -0.2) is 44.6 Å². The number of tetrazole rings is 1. The van der Waals surface area contributed by atoms with Crippen molar-refractivity contribution in [3.63, 3.8) is 0 Å². The van der Waals surface area contributed by atoms with Crippen LogP contribution in [0.1, 0.15) is 36.8 Å². The number of aromatic nitrogens is 4. The van der Waals surface area contributed by atoms with Gasteiger partial charge in [-0.05, 0) is 49.6 Å². The van der Waals surface area contributed by atoms with Crippen molar-refractivity contribution in [1.82, 2.24) is 25.5 Å². The Morgan fingerprint density at radius 3 is 2.53 bits per heavy atom. The molecule has 0 bridgehead atoms. The predicted molar refractivity (Wildman–Crippen MR) is 122 cm³/mol. The lowest BCUT2D eigenvalue weighted by Crippen LogP contribution is -2.45. The Morgan fingerprint density at radius 1 is 1.06 bits per heavy atom. The average molecular weight is 433 g/mol. The number of nitrogens with one attached hydrogen (secondary N) is 1. The van der Waals surface area contributed by atoms with Gasteiger partial charge < -0.3 is 10.2 Å². The SMILES string of the molecule is Cc1ccc(-c2nnn(CC(=O)N(CC(=O)NC3CCCC3)c3cccc(C)c3)n2)cc1. The van der Waals surface area contributed by atoms with Gasteiger partial charge in [-0.15, -0.1) is 10.2 Å². The molecule has 8 heteroatoms. The molecule has 2 amide bonds. The Hall–Kier alpha value is -3.55. The zero-order valence-corrected chi connectivity index (χ0v) is 18.5. The third kappa shape index (κ3) is 5.38. The Labute approximate surface area is 187 Å². The summed E-state index contributed by atoms with van der Waals surface area (Å²) >= 11 is 0. The van der Waals surface area contributed by atoms with E-state index in [1.807, 2.05) is 62.4 Å². The second kappa shape index (κ2) is 9.72. The number of nitrogens with zero attached hydrogens (tertiary/aromatic N) is 5. The fourth-order valence-electron chi connectivity index (χ4n) is 3.94. The maximum atomic E-state index is 13.2. The number of amides is 2. The summed E-state index contributed by atoms with van der Waals surface area (Å²) in [6.07, 6.45) is 4.25. The lowest BCUT2D eigenvalue weighted by atomic mass is 10.1. The number of hydrogen-bond acceptors (Lipinski definition) is 5. The topological polar surface area (TPSA) is 93.0 Å². The number of anilines is 1. The molecular weight excluding hydrogens is 404 g/mol. The standard InChI is InChI=1S/C24H28N6O2/c1-17-10-12-19(13-11-17)24-26-28-30(27-24)16-23(32)29(21-9-5-6-18(2)14-21)15-22(31)25-20-7-3-4-8-20/h5-6,9-14,20H,3-4,7-8,15-16H2,1-2H3,(H,25,31). The molecule has 3 aromatic rings. The highest BCUT2D eigenvalue weighted by atomic mass is 16.2. The molecule has 0 radical (unpaired) electrons. The van der Waals surface area contributed by atoms with Crippen molar-refractivity contribution in [3.05, 3.63) is 59.7 Å². The second-order valence-corrected chi connectivity index (χ2v) is 8.38. The second-order valence-electron chi connectivity index (χ2n) is 8.38. The molecule has 4 rings (SSSR count). The van der Waals surface area contributed by atoms with Gasteiger partial charge in [0.15, 0.2) is 0 Å². The van der Waals surface area contributed by atoms with Crippen molar-refractivity contribution >= 4 is 17.5 Å². The number of rotatable bonds is 7. The minimum atomic E-state index is -0.273. The minimum Gasteiger partial charge on any atom is -0.352 e. The van der Waals surface area contributed by atoms with E-state index in [1.165, 1.54) is 9.70 Å². The Kier molecular flexibility index (Phi) is 6.58. The smallest absolute Gasteiger partial charge is 0.251 e. The van der Waals surface area contributed by atoms with Crippen LogP contribution in [0.5, 0.6) is 0 Å². The average Bonchev–Trinajstić information content (AvgIpc) is 3.45. The molecule has 0 unspecified atom stereocenters. The number of benzene rings is 2. The van der Waals surface area contributed by atoms with E-state index in [9.17, 15) is 9.59 Å². The molecule has 0 aliphatic heterocycles. The first-order valence-electron chi connectivity index (χ1n) is 11.0. The van der Waals surface area contributed by atoms with Crippen molar-refractivity contribution in [2.24, 2.45) is 0 Å². The van der Waals surface area contributed by atoms with Crippen LogP contribution in [0.25, 0.3) is 11.4 Å². The molecule has 8 nitrogen and oxygen atoms in total. The van der Waals surface area contributed by atoms with E-state index in [0.29, 0.717) is 11.5 Å². The van der Waals surface area contributed by atoms with Gasteiger partial charge in [-0.25, -0.2) is 0 Å². The molecule has 1 fully saturated rings. The van der Waals surface area contributed by atoms with E-state index in [2.05, 4.69) is 20.7 Å². The molecule has 1 aliphatic carbocycles. The summed E-state index contributed by atoms with van der Waals surface area (Å²) in [5.74, 6) is 0.0301. The predicted octanol–water partition coefficient (Wildman–Crippen LogP) is 3.05. The number of hydrogen-bond donors (Lipinski definition) is 1. The third-order valence-corrected chi connectivity index (χ3v) is 5.68. The van der Waals surface area contributed by atoms with E-state index < -0.39 is 0 Å². The van der Waals surface area contributed by atoms with Crippen molar-refractivity contribution in [2.45, 2.75) is 52.1 Å². The normalized spacial score (nSPS) is 13.8. The fourth-order valence-corrected chi connectivity index (χ4v) is 3.94. The maximum Gasteiger partial charge on any atom is 0.251 e. The van der Waals surface area contributed by atoms with Crippen LogP contribution in [0, 0.1) is 13.8 Å². The van der Waals surface area contributed by atoms with Crippen molar-refractivity contribution in [3.8, 4) is 11.4 Å². The summed E-state index contributed by atoms with van der Waals surface area (Å²) in [7, 11) is 0. The summed E-state index contributed by atoms with van der Waals surface area (Å²) in [4.78, 5) is 28.7. The molecule has 0 atom stereocenters. The molecule has 1 saturated carbocycles. The first kappa shape index (κ1) is 21.7. The lowest BCUT2D eigenvalue weighted by molar-refractivity contribution is -0.124. The number of carbonyl (C=O) groups excluding carboxylic acids is 2. The van der Waals surface area contributed by atoms with Gasteiger partial charge in [-0.3, -0.25) is 9.59 Å². The van der Waals surface area contributed by atoms with Crippen LogP contribution in [0.4, 0.5) is 5.69 Å².